The molecule has 0 atom stereocenters. The van der Waals surface area contributed by atoms with Crippen molar-refractivity contribution in [3.63, 3.8) is 0 Å². The molecule has 30 heavy (non-hydrogen) atoms. The molecule has 4 aromatic rings. The number of methoxy groups -OCH3 is 1. The highest BCUT2D eigenvalue weighted by atomic mass is 35.5. The van der Waals surface area contributed by atoms with Crippen LogP contribution in [0.25, 0.3) is 21.6 Å². The van der Waals surface area contributed by atoms with Gasteiger partial charge < -0.3 is 10.1 Å². The zero-order valence-corrected chi connectivity index (χ0v) is 18.7. The van der Waals surface area contributed by atoms with Gasteiger partial charge in [-0.25, -0.2) is 14.8 Å². The molecule has 0 aliphatic carbocycles. The molecule has 0 amide bonds. The van der Waals surface area contributed by atoms with E-state index < -0.39 is 5.97 Å². The third-order valence-electron chi connectivity index (χ3n) is 4.37. The molecule has 0 radical (unpaired) electrons. The maximum atomic E-state index is 11.7. The number of fused-ring (bicyclic) bond motifs is 1. The number of carbonyl (C=O) groups is 1. The van der Waals surface area contributed by atoms with E-state index in [1.165, 1.54) is 18.4 Å². The minimum atomic E-state index is -0.396. The molecule has 152 valence electrons. The van der Waals surface area contributed by atoms with Gasteiger partial charge in [-0.3, -0.25) is 0 Å². The standard InChI is InChI=1S/C21H14Cl3N3O2S/c1-29-21(28)13-5-3-12(4-6-13)18-26-19(14-9-17(24)30-20(14)27-18)25-10-11-2-7-15(22)16(23)8-11/h2-9H,10H2,1H3,(H,25,26,27). The fraction of sp³-hybridized carbons (Fsp3) is 0.0952. The average Bonchev–Trinajstić information content (AvgIpc) is 3.14. The van der Waals surface area contributed by atoms with E-state index >= 15 is 0 Å². The number of anilines is 1. The first-order chi connectivity index (χ1) is 14.4. The van der Waals surface area contributed by atoms with Crippen LogP contribution in [0.5, 0.6) is 0 Å². The van der Waals surface area contributed by atoms with Crippen LogP contribution in [0.2, 0.25) is 14.4 Å². The predicted molar refractivity (Wildman–Crippen MR) is 123 cm³/mol. The molecule has 2 aromatic heterocycles. The van der Waals surface area contributed by atoms with Gasteiger partial charge in [-0.05, 0) is 35.9 Å². The third-order valence-corrected chi connectivity index (χ3v) is 6.27. The lowest BCUT2D eigenvalue weighted by Gasteiger charge is -2.10. The fourth-order valence-electron chi connectivity index (χ4n) is 2.86. The number of halogens is 3. The van der Waals surface area contributed by atoms with Crippen LogP contribution in [0, 0.1) is 0 Å². The molecule has 4 rings (SSSR count). The second kappa shape index (κ2) is 8.78. The Morgan fingerprint density at radius 1 is 1.03 bits per heavy atom. The van der Waals surface area contributed by atoms with Crippen molar-refractivity contribution in [2.24, 2.45) is 0 Å². The molecule has 0 aliphatic heterocycles. The Balaban J connectivity index is 1.68. The Kier molecular flexibility index (Phi) is 6.11. The molecule has 0 spiro atoms. The summed E-state index contributed by atoms with van der Waals surface area (Å²) in [7, 11) is 1.35. The first-order valence-corrected chi connectivity index (χ1v) is 10.7. The topological polar surface area (TPSA) is 64.1 Å². The Hall–Kier alpha value is -2.38. The summed E-state index contributed by atoms with van der Waals surface area (Å²) in [4.78, 5) is 21.7. The molecule has 5 nitrogen and oxygen atoms in total. The number of nitrogens with zero attached hydrogens (tertiary/aromatic N) is 2. The van der Waals surface area contributed by atoms with Gasteiger partial charge in [-0.1, -0.05) is 53.0 Å². The second-order valence-electron chi connectivity index (χ2n) is 6.34. The third kappa shape index (κ3) is 4.37. The quantitative estimate of drug-likeness (QED) is 0.323. The lowest BCUT2D eigenvalue weighted by molar-refractivity contribution is 0.0601. The molecule has 0 unspecified atom stereocenters. The normalized spacial score (nSPS) is 10.9. The summed E-state index contributed by atoms with van der Waals surface area (Å²) < 4.78 is 5.36. The Morgan fingerprint density at radius 2 is 1.80 bits per heavy atom. The van der Waals surface area contributed by atoms with Crippen LogP contribution in [-0.2, 0) is 11.3 Å². The highest BCUT2D eigenvalue weighted by Crippen LogP contribution is 2.34. The van der Waals surface area contributed by atoms with Crippen LogP contribution in [-0.4, -0.2) is 23.0 Å². The van der Waals surface area contributed by atoms with Crippen LogP contribution in [0.3, 0.4) is 0 Å². The van der Waals surface area contributed by atoms with E-state index in [0.717, 1.165) is 21.3 Å². The minimum Gasteiger partial charge on any atom is -0.465 e. The van der Waals surface area contributed by atoms with Crippen LogP contribution >= 0.6 is 46.1 Å². The summed E-state index contributed by atoms with van der Waals surface area (Å²) in [6.45, 7) is 0.497. The number of esters is 1. The van der Waals surface area contributed by atoms with Gasteiger partial charge in [0.1, 0.15) is 10.6 Å². The Bertz CT molecular complexity index is 1240. The zero-order valence-electron chi connectivity index (χ0n) is 15.6. The van der Waals surface area contributed by atoms with Crippen molar-refractivity contribution in [2.75, 3.05) is 12.4 Å². The van der Waals surface area contributed by atoms with Crippen LogP contribution in [0.15, 0.2) is 48.5 Å². The predicted octanol–water partition coefficient (Wildman–Crippen LogP) is 6.72. The van der Waals surface area contributed by atoms with Crippen molar-refractivity contribution in [2.45, 2.75) is 6.54 Å². The number of rotatable bonds is 5. The summed E-state index contributed by atoms with van der Waals surface area (Å²) >= 11 is 19.7. The van der Waals surface area contributed by atoms with E-state index in [-0.39, 0.29) is 0 Å². The fourth-order valence-corrected chi connectivity index (χ4v) is 4.27. The molecule has 0 fully saturated rings. The number of carbonyl (C=O) groups excluding carboxylic acids is 1. The molecule has 2 aromatic carbocycles. The highest BCUT2D eigenvalue weighted by molar-refractivity contribution is 7.22. The smallest absolute Gasteiger partial charge is 0.337 e. The van der Waals surface area contributed by atoms with Gasteiger partial charge in [0.2, 0.25) is 0 Å². The minimum absolute atomic E-state index is 0.396. The lowest BCUT2D eigenvalue weighted by Crippen LogP contribution is -2.04. The van der Waals surface area contributed by atoms with E-state index in [9.17, 15) is 4.79 Å². The summed E-state index contributed by atoms with van der Waals surface area (Å²) in [6.07, 6.45) is 0. The van der Waals surface area contributed by atoms with Crippen molar-refractivity contribution in [3.8, 4) is 11.4 Å². The van der Waals surface area contributed by atoms with Gasteiger partial charge in [0, 0.05) is 12.1 Å². The zero-order chi connectivity index (χ0) is 21.3. The largest absolute Gasteiger partial charge is 0.465 e. The Labute approximate surface area is 191 Å². The van der Waals surface area contributed by atoms with Crippen molar-refractivity contribution >= 4 is 68.1 Å². The van der Waals surface area contributed by atoms with Gasteiger partial charge in [-0.15, -0.1) is 11.3 Å². The number of thiophene rings is 1. The van der Waals surface area contributed by atoms with E-state index in [2.05, 4.69) is 15.3 Å². The molecule has 0 saturated carbocycles. The molecule has 9 heteroatoms. The highest BCUT2D eigenvalue weighted by Gasteiger charge is 2.14. The maximum Gasteiger partial charge on any atom is 0.337 e. The van der Waals surface area contributed by atoms with Crippen molar-refractivity contribution < 1.29 is 9.53 Å². The van der Waals surface area contributed by atoms with Crippen LogP contribution in [0.4, 0.5) is 5.82 Å². The number of ether oxygens (including phenoxy) is 1. The molecule has 2 heterocycles. The molecule has 1 N–H and O–H groups in total. The first-order valence-electron chi connectivity index (χ1n) is 8.78. The average molecular weight is 479 g/mol. The van der Waals surface area contributed by atoms with Crippen LogP contribution in [0.1, 0.15) is 15.9 Å². The number of nitrogens with one attached hydrogen (secondary N) is 1. The summed E-state index contributed by atoms with van der Waals surface area (Å²) in [5.41, 5.74) is 2.19. The van der Waals surface area contributed by atoms with E-state index in [0.29, 0.717) is 38.1 Å². The number of hydrogen-bond acceptors (Lipinski definition) is 6. The SMILES string of the molecule is COC(=O)c1ccc(-c2nc(NCc3ccc(Cl)c(Cl)c3)c3cc(Cl)sc3n2)cc1. The summed E-state index contributed by atoms with van der Waals surface area (Å²) in [6, 6.07) is 14.2. The number of benzene rings is 2. The van der Waals surface area contributed by atoms with Crippen LogP contribution < -0.4 is 5.32 Å². The molecule has 0 aliphatic rings. The van der Waals surface area contributed by atoms with Gasteiger partial charge in [0.15, 0.2) is 5.82 Å². The van der Waals surface area contributed by atoms with Gasteiger partial charge in [0.05, 0.1) is 32.4 Å². The van der Waals surface area contributed by atoms with Crippen molar-refractivity contribution in [1.29, 1.82) is 0 Å². The van der Waals surface area contributed by atoms with E-state index in [4.69, 9.17) is 39.5 Å². The maximum absolute atomic E-state index is 11.7. The van der Waals surface area contributed by atoms with E-state index in [1.807, 2.05) is 18.2 Å². The first kappa shape index (κ1) is 20.9. The molecular formula is C21H14Cl3N3O2S. The Morgan fingerprint density at radius 3 is 2.50 bits per heavy atom. The van der Waals surface area contributed by atoms with Gasteiger partial charge in [0.25, 0.3) is 0 Å². The second-order valence-corrected chi connectivity index (χ2v) is 8.81. The molecular weight excluding hydrogens is 465 g/mol. The van der Waals surface area contributed by atoms with Gasteiger partial charge >= 0.3 is 5.97 Å². The number of hydrogen-bond donors (Lipinski definition) is 1. The monoisotopic (exact) mass is 477 g/mol. The molecule has 0 bridgehead atoms. The summed E-state index contributed by atoms with van der Waals surface area (Å²) in [5.74, 6) is 0.780. The van der Waals surface area contributed by atoms with Crippen molar-refractivity contribution in [1.82, 2.24) is 9.97 Å². The molecule has 0 saturated heterocycles. The number of aromatic nitrogens is 2. The summed E-state index contributed by atoms with van der Waals surface area (Å²) in [5, 5.41) is 5.17. The lowest BCUT2D eigenvalue weighted by atomic mass is 10.1. The van der Waals surface area contributed by atoms with Gasteiger partial charge in [-0.2, -0.15) is 0 Å². The van der Waals surface area contributed by atoms with Crippen molar-refractivity contribution in [3.05, 3.63) is 74.0 Å². The van der Waals surface area contributed by atoms with E-state index in [1.54, 1.807) is 30.3 Å².